The van der Waals surface area contributed by atoms with Crippen molar-refractivity contribution in [1.29, 1.82) is 0 Å². The third-order valence-corrected chi connectivity index (χ3v) is 4.81. The molecular formula is C17H10BrF2NO2S. The number of rotatable bonds is 3. The first kappa shape index (κ1) is 16.9. The molecule has 0 aromatic heterocycles. The van der Waals surface area contributed by atoms with Gasteiger partial charge in [-0.1, -0.05) is 34.1 Å². The molecule has 0 saturated carbocycles. The molecule has 1 fully saturated rings. The van der Waals surface area contributed by atoms with Gasteiger partial charge in [-0.2, -0.15) is 0 Å². The molecule has 7 heteroatoms. The highest BCUT2D eigenvalue weighted by Gasteiger charge is 2.35. The van der Waals surface area contributed by atoms with Crippen LogP contribution >= 0.6 is 27.7 Å². The van der Waals surface area contributed by atoms with Gasteiger partial charge in [-0.25, -0.2) is 8.78 Å². The van der Waals surface area contributed by atoms with Crippen molar-refractivity contribution in [2.75, 3.05) is 0 Å². The molecule has 1 saturated heterocycles. The first-order valence-corrected chi connectivity index (χ1v) is 8.50. The summed E-state index contributed by atoms with van der Waals surface area (Å²) in [6, 6.07) is 10.3. The topological polar surface area (TPSA) is 37.4 Å². The number of carbonyl (C=O) groups is 2. The standard InChI is InChI=1S/C17H10BrF2NO2S/c18-12-5-6-14(20)11(7-12)8-15-16(22)21(17(23)24-15)9-10-3-1-2-4-13(10)19/h1-8H,9H2/b15-8-. The van der Waals surface area contributed by atoms with E-state index in [1.165, 1.54) is 42.5 Å². The Morgan fingerprint density at radius 1 is 1.08 bits per heavy atom. The smallest absolute Gasteiger partial charge is 0.268 e. The van der Waals surface area contributed by atoms with Crippen LogP contribution in [0.1, 0.15) is 11.1 Å². The molecule has 2 amide bonds. The predicted octanol–water partition coefficient (Wildman–Crippen LogP) is 4.96. The van der Waals surface area contributed by atoms with Gasteiger partial charge in [0.1, 0.15) is 11.6 Å². The fraction of sp³-hybridized carbons (Fsp3) is 0.0588. The third-order valence-electron chi connectivity index (χ3n) is 3.40. The van der Waals surface area contributed by atoms with E-state index < -0.39 is 22.8 Å². The molecule has 1 aliphatic heterocycles. The second-order valence-electron chi connectivity index (χ2n) is 5.03. The number of carbonyl (C=O) groups excluding carboxylic acids is 2. The molecule has 0 N–H and O–H groups in total. The van der Waals surface area contributed by atoms with Gasteiger partial charge in [0.2, 0.25) is 0 Å². The Labute approximate surface area is 149 Å². The van der Waals surface area contributed by atoms with Crippen molar-refractivity contribution in [3.8, 4) is 0 Å². The molecule has 0 aliphatic carbocycles. The van der Waals surface area contributed by atoms with Crippen LogP contribution in [0.5, 0.6) is 0 Å². The molecule has 0 radical (unpaired) electrons. The summed E-state index contributed by atoms with van der Waals surface area (Å²) >= 11 is 3.94. The molecule has 3 rings (SSSR count). The average Bonchev–Trinajstić information content (AvgIpc) is 2.80. The zero-order chi connectivity index (χ0) is 17.3. The summed E-state index contributed by atoms with van der Waals surface area (Å²) in [6.45, 7) is -0.157. The summed E-state index contributed by atoms with van der Waals surface area (Å²) in [5.74, 6) is -1.55. The molecule has 1 heterocycles. The normalized spacial score (nSPS) is 16.3. The number of nitrogens with zero attached hydrogens (tertiary/aromatic N) is 1. The number of hydrogen-bond donors (Lipinski definition) is 0. The van der Waals surface area contributed by atoms with Crippen LogP contribution in [0.25, 0.3) is 6.08 Å². The Balaban J connectivity index is 1.88. The number of benzene rings is 2. The van der Waals surface area contributed by atoms with Crippen LogP contribution in [0.15, 0.2) is 51.8 Å². The van der Waals surface area contributed by atoms with Crippen LogP contribution in [-0.4, -0.2) is 16.0 Å². The lowest BCUT2D eigenvalue weighted by atomic mass is 10.2. The van der Waals surface area contributed by atoms with Gasteiger partial charge in [-0.05, 0) is 42.1 Å². The zero-order valence-corrected chi connectivity index (χ0v) is 14.5. The molecule has 2 aromatic carbocycles. The first-order chi connectivity index (χ1) is 11.5. The predicted molar refractivity (Wildman–Crippen MR) is 92.0 cm³/mol. The number of halogens is 3. The van der Waals surface area contributed by atoms with Crippen molar-refractivity contribution in [3.05, 3.63) is 74.6 Å². The molecule has 122 valence electrons. The molecule has 1 aliphatic rings. The van der Waals surface area contributed by atoms with E-state index in [1.807, 2.05) is 0 Å². The van der Waals surface area contributed by atoms with Crippen LogP contribution < -0.4 is 0 Å². The fourth-order valence-electron chi connectivity index (χ4n) is 2.20. The second kappa shape index (κ2) is 6.86. The van der Waals surface area contributed by atoms with Crippen LogP contribution in [0, 0.1) is 11.6 Å². The fourth-order valence-corrected chi connectivity index (χ4v) is 3.41. The molecule has 0 bridgehead atoms. The minimum Gasteiger partial charge on any atom is -0.268 e. The summed E-state index contributed by atoms with van der Waals surface area (Å²) in [5.41, 5.74) is 0.440. The first-order valence-electron chi connectivity index (χ1n) is 6.89. The van der Waals surface area contributed by atoms with E-state index >= 15 is 0 Å². The molecule has 0 unspecified atom stereocenters. The summed E-state index contributed by atoms with van der Waals surface area (Å²) in [4.78, 5) is 25.5. The maximum Gasteiger partial charge on any atom is 0.293 e. The minimum atomic E-state index is -0.562. The number of thioether (sulfide) groups is 1. The number of amides is 2. The summed E-state index contributed by atoms with van der Waals surface area (Å²) in [7, 11) is 0. The number of hydrogen-bond acceptors (Lipinski definition) is 3. The van der Waals surface area contributed by atoms with Gasteiger partial charge in [0, 0.05) is 15.6 Å². The van der Waals surface area contributed by atoms with E-state index in [-0.39, 0.29) is 22.6 Å². The van der Waals surface area contributed by atoms with Gasteiger partial charge in [0.05, 0.1) is 11.4 Å². The van der Waals surface area contributed by atoms with Crippen molar-refractivity contribution in [2.24, 2.45) is 0 Å². The van der Waals surface area contributed by atoms with E-state index in [4.69, 9.17) is 0 Å². The van der Waals surface area contributed by atoms with Crippen molar-refractivity contribution < 1.29 is 18.4 Å². The van der Waals surface area contributed by atoms with Gasteiger partial charge in [-0.15, -0.1) is 0 Å². The van der Waals surface area contributed by atoms with Crippen LogP contribution in [-0.2, 0) is 11.3 Å². The largest absolute Gasteiger partial charge is 0.293 e. The van der Waals surface area contributed by atoms with Gasteiger partial charge in [-0.3, -0.25) is 14.5 Å². The highest BCUT2D eigenvalue weighted by atomic mass is 79.9. The SMILES string of the molecule is O=C1S/C(=C\c2cc(Br)ccc2F)C(=O)N1Cc1ccccc1F. The molecule has 2 aromatic rings. The van der Waals surface area contributed by atoms with Gasteiger partial charge < -0.3 is 0 Å². The molecule has 0 atom stereocenters. The lowest BCUT2D eigenvalue weighted by Crippen LogP contribution is -2.27. The Morgan fingerprint density at radius 2 is 1.83 bits per heavy atom. The Kier molecular flexibility index (Phi) is 4.82. The van der Waals surface area contributed by atoms with Crippen LogP contribution in [0.4, 0.5) is 13.6 Å². The lowest BCUT2D eigenvalue weighted by Gasteiger charge is -2.12. The molecule has 24 heavy (non-hydrogen) atoms. The van der Waals surface area contributed by atoms with E-state index in [0.29, 0.717) is 16.2 Å². The van der Waals surface area contributed by atoms with E-state index in [2.05, 4.69) is 15.9 Å². The minimum absolute atomic E-state index is 0.105. The maximum atomic E-state index is 13.8. The summed E-state index contributed by atoms with van der Waals surface area (Å²) < 4.78 is 28.2. The van der Waals surface area contributed by atoms with E-state index in [9.17, 15) is 18.4 Å². The van der Waals surface area contributed by atoms with E-state index in [0.717, 1.165) is 4.90 Å². The molecule has 0 spiro atoms. The molecule has 3 nitrogen and oxygen atoms in total. The Bertz CT molecular complexity index is 869. The van der Waals surface area contributed by atoms with E-state index in [1.54, 1.807) is 6.07 Å². The monoisotopic (exact) mass is 409 g/mol. The zero-order valence-electron chi connectivity index (χ0n) is 12.1. The number of imide groups is 1. The van der Waals surface area contributed by atoms with Gasteiger partial charge >= 0.3 is 0 Å². The van der Waals surface area contributed by atoms with Crippen molar-refractivity contribution >= 4 is 44.9 Å². The van der Waals surface area contributed by atoms with Crippen LogP contribution in [0.2, 0.25) is 0 Å². The van der Waals surface area contributed by atoms with Gasteiger partial charge in [0.15, 0.2) is 0 Å². The third kappa shape index (κ3) is 3.42. The quantitative estimate of drug-likeness (QED) is 0.671. The Morgan fingerprint density at radius 3 is 2.58 bits per heavy atom. The second-order valence-corrected chi connectivity index (χ2v) is 6.93. The van der Waals surface area contributed by atoms with Gasteiger partial charge in [0.25, 0.3) is 11.1 Å². The molecular weight excluding hydrogens is 400 g/mol. The lowest BCUT2D eigenvalue weighted by molar-refractivity contribution is -0.123. The van der Waals surface area contributed by atoms with Crippen molar-refractivity contribution in [1.82, 2.24) is 4.90 Å². The highest BCUT2D eigenvalue weighted by Crippen LogP contribution is 2.34. The summed E-state index contributed by atoms with van der Waals surface area (Å²) in [5, 5.41) is -0.509. The van der Waals surface area contributed by atoms with Crippen LogP contribution in [0.3, 0.4) is 0 Å². The summed E-state index contributed by atoms with van der Waals surface area (Å²) in [6.07, 6.45) is 1.33. The van der Waals surface area contributed by atoms with Crippen molar-refractivity contribution in [2.45, 2.75) is 6.54 Å². The highest BCUT2D eigenvalue weighted by molar-refractivity contribution is 9.10. The van der Waals surface area contributed by atoms with Crippen molar-refractivity contribution in [3.63, 3.8) is 0 Å². The average molecular weight is 410 g/mol. The maximum absolute atomic E-state index is 13.8. The Hall–Kier alpha value is -1.99.